The van der Waals surface area contributed by atoms with E-state index < -0.39 is 0 Å². The Morgan fingerprint density at radius 2 is 1.50 bits per heavy atom. The van der Waals surface area contributed by atoms with Crippen LogP contribution in [0.25, 0.3) is 0 Å². The van der Waals surface area contributed by atoms with Gasteiger partial charge in [-0.15, -0.1) is 0 Å². The zero-order chi connectivity index (χ0) is 12.4. The number of rotatable bonds is 4. The van der Waals surface area contributed by atoms with Crippen molar-refractivity contribution in [3.63, 3.8) is 0 Å². The average molecular weight is 365 g/mol. The summed E-state index contributed by atoms with van der Waals surface area (Å²) >= 11 is 2.48. The van der Waals surface area contributed by atoms with E-state index in [0.29, 0.717) is 0 Å². The summed E-state index contributed by atoms with van der Waals surface area (Å²) in [6.45, 7) is 12.0. The first-order valence-corrected chi connectivity index (χ1v) is 8.21. The third kappa shape index (κ3) is 3.36. The van der Waals surface area contributed by atoms with Crippen LogP contribution in [0.4, 0.5) is 0 Å². The van der Waals surface area contributed by atoms with Gasteiger partial charge in [-0.05, 0) is 31.3 Å². The Kier molecular flexibility index (Phi) is 4.78. The lowest BCUT2D eigenvalue weighted by molar-refractivity contribution is 0.0363. The van der Waals surface area contributed by atoms with Crippen LogP contribution in [0.5, 0.6) is 0 Å². The van der Waals surface area contributed by atoms with Crippen LogP contribution in [0.2, 0.25) is 0 Å². The highest BCUT2D eigenvalue weighted by molar-refractivity contribution is 14.1. The molecule has 0 aromatic heterocycles. The molecule has 0 N–H and O–H groups in total. The zero-order valence-electron chi connectivity index (χ0n) is 11.1. The van der Waals surface area contributed by atoms with Crippen LogP contribution in [-0.2, 0) is 4.74 Å². The Morgan fingerprint density at radius 3 is 2.17 bits per heavy atom. The third-order valence-corrected chi connectivity index (χ3v) is 5.36. The Labute approximate surface area is 124 Å². The lowest BCUT2D eigenvalue weighted by Gasteiger charge is -2.27. The van der Waals surface area contributed by atoms with Gasteiger partial charge in [-0.3, -0.25) is 4.90 Å². The molecule has 0 bridgehead atoms. The maximum atomic E-state index is 5.38. The highest BCUT2D eigenvalue weighted by Crippen LogP contribution is 2.32. The summed E-state index contributed by atoms with van der Waals surface area (Å²) in [5.41, 5.74) is 0. The molecule has 2 atom stereocenters. The van der Waals surface area contributed by atoms with E-state index in [2.05, 4.69) is 35.8 Å². The van der Waals surface area contributed by atoms with Crippen molar-refractivity contribution >= 4 is 22.9 Å². The van der Waals surface area contributed by atoms with Crippen LogP contribution in [-0.4, -0.2) is 78.5 Å². The van der Waals surface area contributed by atoms with Gasteiger partial charge >= 0.3 is 0 Å². The summed E-state index contributed by atoms with van der Waals surface area (Å²) < 4.78 is 7.85. The largest absolute Gasteiger partial charge is 0.379 e. The minimum atomic E-state index is 0.930. The average Bonchev–Trinajstić information content (AvgIpc) is 2.87. The van der Waals surface area contributed by atoms with Gasteiger partial charge in [0.1, 0.15) is 0 Å². The molecule has 4 nitrogen and oxygen atoms in total. The van der Waals surface area contributed by atoms with Crippen molar-refractivity contribution in [2.45, 2.75) is 6.42 Å². The van der Waals surface area contributed by atoms with Gasteiger partial charge in [0, 0.05) is 62.1 Å². The van der Waals surface area contributed by atoms with Gasteiger partial charge in [0.15, 0.2) is 0 Å². The van der Waals surface area contributed by atoms with Crippen molar-refractivity contribution in [3.05, 3.63) is 0 Å². The molecule has 3 aliphatic heterocycles. The minimum Gasteiger partial charge on any atom is -0.379 e. The molecule has 3 rings (SSSR count). The summed E-state index contributed by atoms with van der Waals surface area (Å²) in [6.07, 6.45) is 1.33. The quantitative estimate of drug-likeness (QED) is 0.545. The molecule has 0 aliphatic carbocycles. The van der Waals surface area contributed by atoms with E-state index in [0.717, 1.165) is 38.1 Å². The van der Waals surface area contributed by atoms with Crippen molar-refractivity contribution in [2.75, 3.05) is 65.6 Å². The van der Waals surface area contributed by atoms with Gasteiger partial charge in [-0.1, -0.05) is 0 Å². The summed E-state index contributed by atoms with van der Waals surface area (Å²) in [5.74, 6) is 1.90. The number of hydrogen-bond donors (Lipinski definition) is 0. The monoisotopic (exact) mass is 365 g/mol. The molecule has 3 saturated heterocycles. The molecule has 0 aromatic rings. The first kappa shape index (κ1) is 13.5. The molecule has 0 amide bonds. The maximum Gasteiger partial charge on any atom is 0.0594 e. The van der Waals surface area contributed by atoms with Crippen molar-refractivity contribution in [1.29, 1.82) is 0 Å². The van der Waals surface area contributed by atoms with Gasteiger partial charge in [-0.25, -0.2) is 3.11 Å². The topological polar surface area (TPSA) is 19.0 Å². The summed E-state index contributed by atoms with van der Waals surface area (Å²) in [5, 5.41) is 0. The second-order valence-corrected chi connectivity index (χ2v) is 7.28. The standard InChI is InChI=1S/C13H24IN3O/c14-17-10-12-8-16(9-13(12)11-17)3-1-2-15-4-6-18-7-5-15/h12-13H,1-11H2/t12-,13+. The van der Waals surface area contributed by atoms with E-state index >= 15 is 0 Å². The molecule has 5 heteroatoms. The second-order valence-electron chi connectivity index (χ2n) is 5.92. The normalized spacial score (nSPS) is 35.2. The number of ether oxygens (including phenoxy) is 1. The molecule has 18 heavy (non-hydrogen) atoms. The van der Waals surface area contributed by atoms with Gasteiger partial charge in [-0.2, -0.15) is 0 Å². The molecule has 0 radical (unpaired) electrons. The number of morpholine rings is 1. The van der Waals surface area contributed by atoms with E-state index in [1.54, 1.807) is 0 Å². The van der Waals surface area contributed by atoms with E-state index in [4.69, 9.17) is 4.74 Å². The van der Waals surface area contributed by atoms with Crippen LogP contribution < -0.4 is 0 Å². The minimum absolute atomic E-state index is 0.930. The number of hydrogen-bond acceptors (Lipinski definition) is 4. The predicted octanol–water partition coefficient (Wildman–Crippen LogP) is 0.922. The highest BCUT2D eigenvalue weighted by Gasteiger charge is 2.38. The predicted molar refractivity (Wildman–Crippen MR) is 80.9 cm³/mol. The Balaban J connectivity index is 1.33. The SMILES string of the molecule is IN1C[C@@H]2CN(CCCN3CCOCC3)C[C@@H]2C1. The van der Waals surface area contributed by atoms with E-state index in [9.17, 15) is 0 Å². The van der Waals surface area contributed by atoms with Gasteiger partial charge in [0.25, 0.3) is 0 Å². The first-order chi connectivity index (χ1) is 8.81. The lowest BCUT2D eigenvalue weighted by atomic mass is 10.0. The molecule has 3 aliphatic rings. The zero-order valence-corrected chi connectivity index (χ0v) is 13.2. The molecular weight excluding hydrogens is 341 g/mol. The smallest absolute Gasteiger partial charge is 0.0594 e. The fraction of sp³-hybridized carbons (Fsp3) is 1.00. The molecule has 0 saturated carbocycles. The molecule has 0 aromatic carbocycles. The van der Waals surface area contributed by atoms with Gasteiger partial charge < -0.3 is 9.64 Å². The molecule has 104 valence electrons. The summed E-state index contributed by atoms with van der Waals surface area (Å²) in [6, 6.07) is 0. The van der Waals surface area contributed by atoms with Gasteiger partial charge in [0.05, 0.1) is 13.2 Å². The van der Waals surface area contributed by atoms with Crippen LogP contribution in [0, 0.1) is 11.8 Å². The Hall–Kier alpha value is 0.570. The summed E-state index contributed by atoms with van der Waals surface area (Å²) in [7, 11) is 0. The Bertz CT molecular complexity index is 259. The van der Waals surface area contributed by atoms with Crippen LogP contribution >= 0.6 is 22.9 Å². The number of halogens is 1. The van der Waals surface area contributed by atoms with Gasteiger partial charge in [0.2, 0.25) is 0 Å². The maximum absolute atomic E-state index is 5.38. The number of fused-ring (bicyclic) bond motifs is 1. The van der Waals surface area contributed by atoms with Crippen molar-refractivity contribution in [2.24, 2.45) is 11.8 Å². The molecular formula is C13H24IN3O. The molecule has 3 heterocycles. The molecule has 3 fully saturated rings. The molecule has 0 unspecified atom stereocenters. The third-order valence-electron chi connectivity index (χ3n) is 4.57. The van der Waals surface area contributed by atoms with Crippen molar-refractivity contribution in [3.8, 4) is 0 Å². The highest BCUT2D eigenvalue weighted by atomic mass is 127. The van der Waals surface area contributed by atoms with Crippen molar-refractivity contribution in [1.82, 2.24) is 12.9 Å². The fourth-order valence-corrected chi connectivity index (χ4v) is 4.57. The number of nitrogens with zero attached hydrogens (tertiary/aromatic N) is 3. The lowest BCUT2D eigenvalue weighted by Crippen LogP contribution is -2.38. The number of likely N-dealkylation sites (tertiary alicyclic amines) is 1. The van der Waals surface area contributed by atoms with E-state index in [1.807, 2.05) is 0 Å². The van der Waals surface area contributed by atoms with Crippen LogP contribution in [0.15, 0.2) is 0 Å². The Morgan fingerprint density at radius 1 is 0.889 bits per heavy atom. The van der Waals surface area contributed by atoms with Crippen molar-refractivity contribution < 1.29 is 4.74 Å². The van der Waals surface area contributed by atoms with Crippen LogP contribution in [0.1, 0.15) is 6.42 Å². The van der Waals surface area contributed by atoms with Crippen LogP contribution in [0.3, 0.4) is 0 Å². The first-order valence-electron chi connectivity index (χ1n) is 7.24. The molecule has 0 spiro atoms. The fourth-order valence-electron chi connectivity index (χ4n) is 3.56. The second kappa shape index (κ2) is 6.35. The van der Waals surface area contributed by atoms with E-state index in [-0.39, 0.29) is 0 Å². The van der Waals surface area contributed by atoms with E-state index in [1.165, 1.54) is 45.7 Å². The summed E-state index contributed by atoms with van der Waals surface area (Å²) in [4.78, 5) is 5.24.